The Morgan fingerprint density at radius 2 is 1.76 bits per heavy atom. The van der Waals surface area contributed by atoms with Crippen LogP contribution in [0.25, 0.3) is 0 Å². The van der Waals surface area contributed by atoms with E-state index in [1.807, 2.05) is 0 Å². The van der Waals surface area contributed by atoms with Gasteiger partial charge in [-0.25, -0.2) is 0 Å². The summed E-state index contributed by atoms with van der Waals surface area (Å²) in [6, 6.07) is 0. The Bertz CT molecular complexity index is 234. The molecule has 0 aromatic rings. The lowest BCUT2D eigenvalue weighted by Gasteiger charge is -2.30. The Balaban J connectivity index is 4.20. The first kappa shape index (κ1) is 16.4. The maximum absolute atomic E-state index is 11.6. The predicted molar refractivity (Wildman–Crippen MR) is 71.8 cm³/mol. The van der Waals surface area contributed by atoms with E-state index in [0.29, 0.717) is 18.4 Å². The summed E-state index contributed by atoms with van der Waals surface area (Å²) in [6.07, 6.45) is 0. The van der Waals surface area contributed by atoms with Gasteiger partial charge < -0.3 is 10.1 Å². The van der Waals surface area contributed by atoms with Gasteiger partial charge in [0.15, 0.2) is 0 Å². The maximum atomic E-state index is 11.6. The third-order valence-electron chi connectivity index (χ3n) is 3.82. The highest BCUT2D eigenvalue weighted by atomic mass is 16.5. The predicted octanol–water partition coefficient (Wildman–Crippen LogP) is 2.70. The largest absolute Gasteiger partial charge is 0.469 e. The minimum atomic E-state index is -0.116. The Morgan fingerprint density at radius 1 is 1.24 bits per heavy atom. The average Bonchev–Trinajstić information content (AvgIpc) is 2.22. The van der Waals surface area contributed by atoms with Crippen molar-refractivity contribution in [2.45, 2.75) is 41.5 Å². The summed E-state index contributed by atoms with van der Waals surface area (Å²) in [4.78, 5) is 11.6. The van der Waals surface area contributed by atoms with Gasteiger partial charge in [-0.05, 0) is 17.3 Å². The lowest BCUT2D eigenvalue weighted by atomic mass is 9.81. The lowest BCUT2D eigenvalue weighted by molar-refractivity contribution is -0.146. The molecule has 0 heterocycles. The fourth-order valence-corrected chi connectivity index (χ4v) is 1.50. The molecule has 1 unspecified atom stereocenters. The fourth-order valence-electron chi connectivity index (χ4n) is 1.50. The van der Waals surface area contributed by atoms with E-state index in [0.717, 1.165) is 6.54 Å². The number of hydrogen-bond donors (Lipinski definition) is 1. The molecule has 0 aliphatic carbocycles. The fraction of sp³-hybridized carbons (Fsp3) is 0.929. The zero-order valence-electron chi connectivity index (χ0n) is 12.5. The molecule has 3 heteroatoms. The molecule has 1 atom stereocenters. The summed E-state index contributed by atoms with van der Waals surface area (Å²) in [6.45, 7) is 14.7. The van der Waals surface area contributed by atoms with Gasteiger partial charge in [-0.2, -0.15) is 0 Å². The van der Waals surface area contributed by atoms with Crippen LogP contribution in [0.3, 0.4) is 0 Å². The summed E-state index contributed by atoms with van der Waals surface area (Å²) < 4.78 is 4.82. The number of methoxy groups -OCH3 is 1. The van der Waals surface area contributed by atoms with Crippen LogP contribution in [0.4, 0.5) is 0 Å². The van der Waals surface area contributed by atoms with Crippen LogP contribution in [0.2, 0.25) is 0 Å². The monoisotopic (exact) mass is 243 g/mol. The SMILES string of the molecule is COC(=O)C(CNCC(C)(C)C(C)C)C(C)C. The minimum Gasteiger partial charge on any atom is -0.469 e. The molecule has 0 rings (SSSR count). The molecule has 0 amide bonds. The van der Waals surface area contributed by atoms with E-state index in [-0.39, 0.29) is 17.3 Å². The molecule has 0 aromatic carbocycles. The summed E-state index contributed by atoms with van der Waals surface area (Å²) in [5, 5.41) is 3.40. The molecule has 102 valence electrons. The highest BCUT2D eigenvalue weighted by molar-refractivity contribution is 5.72. The van der Waals surface area contributed by atoms with Crippen molar-refractivity contribution in [1.29, 1.82) is 0 Å². The number of carbonyl (C=O) groups excluding carboxylic acids is 1. The van der Waals surface area contributed by atoms with E-state index in [4.69, 9.17) is 4.74 Å². The Kier molecular flexibility index (Phi) is 6.76. The maximum Gasteiger partial charge on any atom is 0.310 e. The molecular formula is C14H29NO2. The molecule has 0 aliphatic heterocycles. The Labute approximate surface area is 106 Å². The van der Waals surface area contributed by atoms with Gasteiger partial charge >= 0.3 is 5.97 Å². The van der Waals surface area contributed by atoms with E-state index in [1.165, 1.54) is 7.11 Å². The van der Waals surface area contributed by atoms with Crippen molar-refractivity contribution in [2.75, 3.05) is 20.2 Å². The van der Waals surface area contributed by atoms with E-state index < -0.39 is 0 Å². The van der Waals surface area contributed by atoms with Crippen LogP contribution in [0, 0.1) is 23.2 Å². The molecule has 0 aromatic heterocycles. The molecule has 0 saturated heterocycles. The lowest BCUT2D eigenvalue weighted by Crippen LogP contribution is -2.39. The van der Waals surface area contributed by atoms with Gasteiger partial charge in [0, 0.05) is 13.1 Å². The minimum absolute atomic E-state index is 0.0528. The van der Waals surface area contributed by atoms with Crippen molar-refractivity contribution in [1.82, 2.24) is 5.32 Å². The van der Waals surface area contributed by atoms with Gasteiger partial charge in [-0.15, -0.1) is 0 Å². The number of esters is 1. The van der Waals surface area contributed by atoms with Crippen LogP contribution in [0.15, 0.2) is 0 Å². The van der Waals surface area contributed by atoms with Gasteiger partial charge in [0.25, 0.3) is 0 Å². The first-order valence-electron chi connectivity index (χ1n) is 6.51. The normalized spacial score (nSPS) is 14.2. The second kappa shape index (κ2) is 7.00. The van der Waals surface area contributed by atoms with Crippen LogP contribution < -0.4 is 5.32 Å². The van der Waals surface area contributed by atoms with E-state index in [1.54, 1.807) is 0 Å². The van der Waals surface area contributed by atoms with Crippen LogP contribution in [0.1, 0.15) is 41.5 Å². The van der Waals surface area contributed by atoms with Crippen LogP contribution in [0.5, 0.6) is 0 Å². The molecule has 0 aliphatic rings. The molecule has 0 bridgehead atoms. The number of ether oxygens (including phenoxy) is 1. The second-order valence-corrected chi connectivity index (χ2v) is 6.15. The standard InChI is InChI=1S/C14H29NO2/c1-10(2)12(13(16)17-7)8-15-9-14(5,6)11(3)4/h10-12,15H,8-9H2,1-7H3. The molecule has 0 radical (unpaired) electrons. The quantitative estimate of drug-likeness (QED) is 0.699. The van der Waals surface area contributed by atoms with Gasteiger partial charge in [-0.3, -0.25) is 4.79 Å². The molecule has 3 nitrogen and oxygen atoms in total. The smallest absolute Gasteiger partial charge is 0.310 e. The van der Waals surface area contributed by atoms with Crippen LogP contribution >= 0.6 is 0 Å². The van der Waals surface area contributed by atoms with E-state index in [2.05, 4.69) is 46.9 Å². The molecular weight excluding hydrogens is 214 g/mol. The zero-order valence-corrected chi connectivity index (χ0v) is 12.5. The zero-order chi connectivity index (χ0) is 13.6. The number of hydrogen-bond acceptors (Lipinski definition) is 3. The van der Waals surface area contributed by atoms with Crippen molar-refractivity contribution in [3.05, 3.63) is 0 Å². The van der Waals surface area contributed by atoms with Crippen LogP contribution in [-0.4, -0.2) is 26.2 Å². The summed E-state index contributed by atoms with van der Waals surface area (Å²) in [5.41, 5.74) is 0.248. The molecule has 0 fully saturated rings. The topological polar surface area (TPSA) is 38.3 Å². The van der Waals surface area contributed by atoms with E-state index >= 15 is 0 Å². The van der Waals surface area contributed by atoms with Gasteiger partial charge in [0.05, 0.1) is 13.0 Å². The molecule has 1 N–H and O–H groups in total. The number of rotatable bonds is 7. The van der Waals surface area contributed by atoms with E-state index in [9.17, 15) is 4.79 Å². The molecule has 17 heavy (non-hydrogen) atoms. The first-order valence-corrected chi connectivity index (χ1v) is 6.51. The van der Waals surface area contributed by atoms with Crippen molar-refractivity contribution >= 4 is 5.97 Å². The van der Waals surface area contributed by atoms with Gasteiger partial charge in [0.2, 0.25) is 0 Å². The number of nitrogens with one attached hydrogen (secondary N) is 1. The summed E-state index contributed by atoms with van der Waals surface area (Å²) in [7, 11) is 1.45. The van der Waals surface area contributed by atoms with Crippen molar-refractivity contribution < 1.29 is 9.53 Å². The highest BCUT2D eigenvalue weighted by Gasteiger charge is 2.25. The first-order chi connectivity index (χ1) is 7.72. The molecule has 0 spiro atoms. The summed E-state index contributed by atoms with van der Waals surface area (Å²) >= 11 is 0. The van der Waals surface area contributed by atoms with Gasteiger partial charge in [0.1, 0.15) is 0 Å². The molecule has 0 saturated carbocycles. The number of carbonyl (C=O) groups is 1. The third-order valence-corrected chi connectivity index (χ3v) is 3.82. The second-order valence-electron chi connectivity index (χ2n) is 6.15. The third kappa shape index (κ3) is 5.53. The van der Waals surface area contributed by atoms with Crippen molar-refractivity contribution in [3.8, 4) is 0 Å². The van der Waals surface area contributed by atoms with Crippen LogP contribution in [-0.2, 0) is 9.53 Å². The summed E-state index contributed by atoms with van der Waals surface area (Å²) in [5.74, 6) is 0.751. The average molecular weight is 243 g/mol. The van der Waals surface area contributed by atoms with Crippen molar-refractivity contribution in [2.24, 2.45) is 23.2 Å². The van der Waals surface area contributed by atoms with Crippen molar-refractivity contribution in [3.63, 3.8) is 0 Å². The highest BCUT2D eigenvalue weighted by Crippen LogP contribution is 2.24. The Hall–Kier alpha value is -0.570. The van der Waals surface area contributed by atoms with Gasteiger partial charge in [-0.1, -0.05) is 41.5 Å². The Morgan fingerprint density at radius 3 is 2.12 bits per heavy atom.